The first kappa shape index (κ1) is 72.4. The standard InChI is InChI=1S/C16H15F6N5O.C16H13F6N5O.C16H33P.C5H10.2CH3.Fe/c2*17-10-6-12(19)11(18)4-8(10)3-9(23)5-14(28)26-1-2-27-13(7-26)24-25-15(27)16(20,21)22;1-12-10-9-11-14(12)13(2)17(15(3,4)5)16(6,7)8;1-2-4-5-3-1;;;/h4,6,9H,1-3,5,7,23H2;4-6H,1-3,7,23H2;12-14H,9-11H2,1-8H3;1-5H2;2*1H3;/q;;;;2*-1;+2/b;9-5-;;;;;/t9-;;12?,13-,14?;;;;/m1.1..../s1. The van der Waals surface area contributed by atoms with Gasteiger partial charge in [0.15, 0.2) is 34.9 Å². The summed E-state index contributed by atoms with van der Waals surface area (Å²) in [5, 5.41) is 14.1. The van der Waals surface area contributed by atoms with Crippen LogP contribution in [0.5, 0.6) is 0 Å². The zero-order chi connectivity index (χ0) is 58.2. The van der Waals surface area contributed by atoms with Gasteiger partial charge in [-0.25, -0.2) is 26.3 Å². The fourth-order valence-corrected chi connectivity index (χ4v) is 16.3. The minimum absolute atomic E-state index is 0. The second kappa shape index (κ2) is 30.2. The number of fused-ring (bicyclic) bond motifs is 2. The molecule has 2 amide bonds. The molecule has 2 fully saturated rings. The van der Waals surface area contributed by atoms with E-state index in [1.807, 2.05) is 0 Å². The molecule has 0 radical (unpaired) electrons. The van der Waals surface area contributed by atoms with Gasteiger partial charge in [-0.1, -0.05) is 108 Å². The summed E-state index contributed by atoms with van der Waals surface area (Å²) in [6.45, 7) is 19.1. The molecule has 4 atom stereocenters. The number of benzene rings is 2. The summed E-state index contributed by atoms with van der Waals surface area (Å²) in [7, 11) is 0.0584. The third-order valence-electron chi connectivity index (χ3n) is 14.1. The number of alkyl halides is 6. The van der Waals surface area contributed by atoms with Crippen LogP contribution in [-0.2, 0) is 78.0 Å². The van der Waals surface area contributed by atoms with Gasteiger partial charge < -0.3 is 45.3 Å². The Morgan fingerprint density at radius 3 is 1.49 bits per heavy atom. The Kier molecular flexibility index (Phi) is 27.0. The smallest absolute Gasteiger partial charge is 0.402 e. The van der Waals surface area contributed by atoms with E-state index in [9.17, 15) is 62.3 Å². The molecular weight excluding hydrogens is 1150 g/mol. The summed E-state index contributed by atoms with van der Waals surface area (Å²) in [5.74, 6) is -8.65. The fourth-order valence-electron chi connectivity index (χ4n) is 11.0. The maximum absolute atomic E-state index is 13.7. The first-order valence-corrected chi connectivity index (χ1v) is 27.4. The summed E-state index contributed by atoms with van der Waals surface area (Å²) in [5.41, 5.74) is 11.9. The van der Waals surface area contributed by atoms with Gasteiger partial charge in [0.05, 0.1) is 13.1 Å². The Morgan fingerprint density at radius 2 is 1.06 bits per heavy atom. The molecule has 8 rings (SSSR count). The number of hydrogen-bond acceptors (Lipinski definition) is 8. The molecule has 2 aliphatic heterocycles. The van der Waals surface area contributed by atoms with Crippen LogP contribution in [0.4, 0.5) is 52.7 Å². The molecule has 4 aliphatic rings. The molecule has 0 spiro atoms. The summed E-state index contributed by atoms with van der Waals surface area (Å²) >= 11 is 0. The number of allylic oxidation sites excluding steroid dienone is 1. The third kappa shape index (κ3) is 20.0. The monoisotopic (exact) mass is 1220 g/mol. The van der Waals surface area contributed by atoms with Crippen molar-refractivity contribution in [2.24, 2.45) is 23.3 Å². The molecule has 2 aliphatic carbocycles. The van der Waals surface area contributed by atoms with Crippen molar-refractivity contribution in [3.8, 4) is 0 Å². The SMILES string of the molecule is C1CCCC1.CC1CCCC1[C@@H](C)P(C(C)(C)C)C(C)(C)C.N/C(=C\C(=O)N1CCn2c(nnc2C(F)(F)F)C1)Cc1cc(F)c(F)cc1F.N[C@@H](CC(=O)N1CCn2c(nnc2C(F)(F)F)C1)Cc1cc(F)c(F)cc1F.[CH3-].[CH3-].[Fe+2]. The van der Waals surface area contributed by atoms with Crippen LogP contribution >= 0.6 is 7.92 Å². The van der Waals surface area contributed by atoms with Crippen LogP contribution in [0.1, 0.15) is 148 Å². The van der Waals surface area contributed by atoms with E-state index in [-0.39, 0.29) is 127 Å². The third-order valence-corrected chi connectivity index (χ3v) is 18.2. The van der Waals surface area contributed by atoms with Crippen LogP contribution in [0.3, 0.4) is 0 Å². The molecule has 0 bridgehead atoms. The van der Waals surface area contributed by atoms with Crippen molar-refractivity contribution < 1.29 is 79.3 Å². The van der Waals surface area contributed by atoms with Crippen molar-refractivity contribution in [3.05, 3.63) is 120 Å². The molecule has 456 valence electrons. The van der Waals surface area contributed by atoms with E-state index >= 15 is 0 Å². The number of rotatable bonds is 9. The fraction of sp³-hybridized carbons (Fsp3) is 0.600. The summed E-state index contributed by atoms with van der Waals surface area (Å²) in [6, 6.07) is 1.19. The first-order chi connectivity index (χ1) is 36.2. The second-order valence-corrected chi connectivity index (χ2v) is 26.6. The molecule has 2 unspecified atom stereocenters. The van der Waals surface area contributed by atoms with Gasteiger partial charge in [-0.3, -0.25) is 9.59 Å². The number of nitrogens with zero attached hydrogens (tertiary/aromatic N) is 8. The zero-order valence-corrected chi connectivity index (χ0v) is 49.6. The predicted octanol–water partition coefficient (Wildman–Crippen LogP) is 12.9. The van der Waals surface area contributed by atoms with Crippen molar-refractivity contribution in [1.29, 1.82) is 0 Å². The van der Waals surface area contributed by atoms with E-state index < -0.39 is 76.8 Å². The molecular formula is C55H77F12FeN10O2P. The molecule has 2 aromatic heterocycles. The quantitative estimate of drug-likeness (QED) is 0.0419. The van der Waals surface area contributed by atoms with E-state index in [4.69, 9.17) is 11.5 Å². The van der Waals surface area contributed by atoms with Crippen molar-refractivity contribution in [1.82, 2.24) is 39.3 Å². The number of carbonyl (C=O) groups excluding carboxylic acids is 2. The molecule has 0 saturated heterocycles. The summed E-state index contributed by atoms with van der Waals surface area (Å²) in [4.78, 5) is 27.1. The summed E-state index contributed by atoms with van der Waals surface area (Å²) in [6.07, 6.45) is 2.75. The van der Waals surface area contributed by atoms with Gasteiger partial charge in [0.2, 0.25) is 23.5 Å². The van der Waals surface area contributed by atoms with E-state index in [0.717, 1.165) is 32.7 Å². The van der Waals surface area contributed by atoms with Gasteiger partial charge in [-0.05, 0) is 63.9 Å². The molecule has 4 N–H and O–H groups in total. The summed E-state index contributed by atoms with van der Waals surface area (Å²) < 4.78 is 158. The van der Waals surface area contributed by atoms with Crippen molar-refractivity contribution >= 4 is 19.7 Å². The number of carbonyl (C=O) groups is 2. The normalized spacial score (nSPS) is 18.0. The average Bonchev–Trinajstić information content (AvgIpc) is 4.17. The molecule has 81 heavy (non-hydrogen) atoms. The van der Waals surface area contributed by atoms with Crippen molar-refractivity contribution in [3.63, 3.8) is 0 Å². The minimum atomic E-state index is -4.66. The van der Waals surface area contributed by atoms with Gasteiger partial charge >= 0.3 is 29.4 Å². The van der Waals surface area contributed by atoms with Crippen LogP contribution in [0.25, 0.3) is 0 Å². The predicted molar refractivity (Wildman–Crippen MR) is 284 cm³/mol. The molecule has 12 nitrogen and oxygen atoms in total. The van der Waals surface area contributed by atoms with E-state index in [2.05, 4.69) is 75.8 Å². The van der Waals surface area contributed by atoms with E-state index in [0.29, 0.717) is 34.6 Å². The van der Waals surface area contributed by atoms with Crippen LogP contribution < -0.4 is 11.5 Å². The minimum Gasteiger partial charge on any atom is -0.402 e. The van der Waals surface area contributed by atoms with Gasteiger partial charge in [0.25, 0.3) is 0 Å². The van der Waals surface area contributed by atoms with Crippen molar-refractivity contribution in [2.75, 3.05) is 13.1 Å². The number of aromatic nitrogens is 6. The van der Waals surface area contributed by atoms with Gasteiger partial charge in [-0.15, -0.1) is 20.4 Å². The zero-order valence-electron chi connectivity index (χ0n) is 47.6. The maximum atomic E-state index is 13.7. The molecule has 4 aromatic rings. The van der Waals surface area contributed by atoms with Gasteiger partial charge in [0, 0.05) is 69.0 Å². The van der Waals surface area contributed by atoms with E-state index in [1.165, 1.54) is 61.2 Å². The Hall–Kier alpha value is -4.73. The Balaban J connectivity index is 0.000000400. The largest absolute Gasteiger partial charge is 2.00 e. The second-order valence-electron chi connectivity index (χ2n) is 22.3. The van der Waals surface area contributed by atoms with Crippen LogP contribution in [0.15, 0.2) is 36.0 Å². The topological polar surface area (TPSA) is 154 Å². The number of halogens is 12. The number of amides is 2. The Morgan fingerprint density at radius 1 is 0.642 bits per heavy atom. The van der Waals surface area contributed by atoms with Crippen LogP contribution in [0.2, 0.25) is 0 Å². The molecule has 2 saturated carbocycles. The van der Waals surface area contributed by atoms with Gasteiger partial charge in [0.1, 0.15) is 11.6 Å². The van der Waals surface area contributed by atoms with Crippen LogP contribution in [0, 0.1) is 61.6 Å². The molecule has 26 heteroatoms. The Labute approximate surface area is 479 Å². The van der Waals surface area contributed by atoms with Crippen LogP contribution in [-0.4, -0.2) is 86.2 Å². The van der Waals surface area contributed by atoms with Gasteiger partial charge in [-0.2, -0.15) is 26.3 Å². The van der Waals surface area contributed by atoms with Crippen molar-refractivity contribution in [2.45, 2.75) is 187 Å². The Bertz CT molecular complexity index is 2700. The average molecular weight is 1230 g/mol. The maximum Gasteiger partial charge on any atom is 2.00 e. The first-order valence-electron chi connectivity index (χ1n) is 26.0. The number of nitrogens with two attached hydrogens (primary N) is 2. The number of hydrogen-bond donors (Lipinski definition) is 2. The van der Waals surface area contributed by atoms with E-state index in [1.54, 1.807) is 0 Å². The molecule has 4 heterocycles. The molecule has 2 aromatic carbocycles.